The number of hydrogen-bond donors (Lipinski definition) is 1. The lowest BCUT2D eigenvalue weighted by Gasteiger charge is -2.07. The fourth-order valence-corrected chi connectivity index (χ4v) is 2.07. The smallest absolute Gasteiger partial charge is 0.214 e. The van der Waals surface area contributed by atoms with Gasteiger partial charge in [-0.3, -0.25) is 0 Å². The standard InChI is InChI=1S/C13H11NO2S/c14-13-11(9-17(15)16)7-4-8-12(13)10-5-2-1-3-6-10/h1-9H,14H2. The summed E-state index contributed by atoms with van der Waals surface area (Å²) < 4.78 is 21.3. The van der Waals surface area contributed by atoms with E-state index in [-0.39, 0.29) is 0 Å². The number of hydrogen-bond acceptors (Lipinski definition) is 3. The Morgan fingerprint density at radius 3 is 2.29 bits per heavy atom. The molecule has 86 valence electrons. The highest BCUT2D eigenvalue weighted by atomic mass is 32.2. The molecule has 2 aromatic carbocycles. The fourth-order valence-electron chi connectivity index (χ4n) is 1.66. The Balaban J connectivity index is 2.62. The molecule has 0 aromatic heterocycles. The number of para-hydroxylation sites is 1. The Labute approximate surface area is 101 Å². The molecule has 0 fully saturated rings. The second-order valence-corrected chi connectivity index (χ2v) is 4.31. The van der Waals surface area contributed by atoms with E-state index < -0.39 is 10.3 Å². The lowest BCUT2D eigenvalue weighted by molar-refractivity contribution is 0.627. The zero-order valence-corrected chi connectivity index (χ0v) is 9.81. The molecule has 0 radical (unpaired) electrons. The molecule has 4 heteroatoms. The maximum atomic E-state index is 10.7. The second-order valence-electron chi connectivity index (χ2n) is 3.55. The van der Waals surface area contributed by atoms with Crippen molar-refractivity contribution < 1.29 is 8.42 Å². The number of rotatable bonds is 2. The molecule has 0 aliphatic carbocycles. The van der Waals surface area contributed by atoms with Crippen LogP contribution in [0.2, 0.25) is 0 Å². The first-order valence-corrected chi connectivity index (χ1v) is 6.19. The average Bonchev–Trinajstić information content (AvgIpc) is 2.32. The van der Waals surface area contributed by atoms with E-state index >= 15 is 0 Å². The summed E-state index contributed by atoms with van der Waals surface area (Å²) in [7, 11) is -2.25. The van der Waals surface area contributed by atoms with Crippen LogP contribution in [-0.4, -0.2) is 13.8 Å². The van der Waals surface area contributed by atoms with E-state index in [0.717, 1.165) is 16.5 Å². The minimum Gasteiger partial charge on any atom is -0.398 e. The molecule has 0 saturated heterocycles. The Kier molecular flexibility index (Phi) is 3.25. The van der Waals surface area contributed by atoms with Gasteiger partial charge < -0.3 is 5.73 Å². The van der Waals surface area contributed by atoms with Crippen LogP contribution in [0.25, 0.3) is 11.1 Å². The van der Waals surface area contributed by atoms with Gasteiger partial charge in [0, 0.05) is 16.8 Å². The first-order chi connectivity index (χ1) is 8.18. The molecule has 2 N–H and O–H groups in total. The molecule has 0 amide bonds. The minimum absolute atomic E-state index is 0.475. The van der Waals surface area contributed by atoms with E-state index in [0.29, 0.717) is 11.3 Å². The number of benzene rings is 2. The highest BCUT2D eigenvalue weighted by Crippen LogP contribution is 2.27. The van der Waals surface area contributed by atoms with Gasteiger partial charge in [0.25, 0.3) is 0 Å². The van der Waals surface area contributed by atoms with Crippen LogP contribution < -0.4 is 5.73 Å². The number of nitrogens with two attached hydrogens (primary N) is 1. The van der Waals surface area contributed by atoms with Crippen molar-refractivity contribution in [2.75, 3.05) is 5.73 Å². The Hall–Kier alpha value is -2.07. The van der Waals surface area contributed by atoms with Gasteiger partial charge in [-0.2, -0.15) is 8.42 Å². The topological polar surface area (TPSA) is 60.2 Å². The molecule has 0 spiro atoms. The van der Waals surface area contributed by atoms with Crippen molar-refractivity contribution in [2.45, 2.75) is 0 Å². The van der Waals surface area contributed by atoms with Gasteiger partial charge >= 0.3 is 0 Å². The lowest BCUT2D eigenvalue weighted by Crippen LogP contribution is -1.96. The molecule has 17 heavy (non-hydrogen) atoms. The molecule has 0 aliphatic rings. The molecular weight excluding hydrogens is 234 g/mol. The van der Waals surface area contributed by atoms with Gasteiger partial charge in [0.05, 0.1) is 5.37 Å². The fraction of sp³-hybridized carbons (Fsp3) is 0. The van der Waals surface area contributed by atoms with Crippen molar-refractivity contribution in [2.24, 2.45) is 0 Å². The summed E-state index contributed by atoms with van der Waals surface area (Å²) in [6, 6.07) is 15.0. The van der Waals surface area contributed by atoms with Gasteiger partial charge in [0.1, 0.15) is 0 Å². The third-order valence-corrected chi connectivity index (χ3v) is 2.89. The Morgan fingerprint density at radius 2 is 1.65 bits per heavy atom. The summed E-state index contributed by atoms with van der Waals surface area (Å²) in [5.41, 5.74) is 8.75. The van der Waals surface area contributed by atoms with E-state index in [2.05, 4.69) is 0 Å². The summed E-state index contributed by atoms with van der Waals surface area (Å²) in [5, 5.41) is 1.11. The summed E-state index contributed by atoms with van der Waals surface area (Å²) in [6.07, 6.45) is 0. The third kappa shape index (κ3) is 2.54. The van der Waals surface area contributed by atoms with Crippen molar-refractivity contribution in [1.82, 2.24) is 0 Å². The van der Waals surface area contributed by atoms with Crippen LogP contribution in [0, 0.1) is 0 Å². The molecule has 0 aliphatic heterocycles. The van der Waals surface area contributed by atoms with Crippen molar-refractivity contribution in [1.29, 1.82) is 0 Å². The monoisotopic (exact) mass is 245 g/mol. The molecule has 0 saturated carbocycles. The van der Waals surface area contributed by atoms with Gasteiger partial charge in [-0.15, -0.1) is 0 Å². The predicted octanol–water partition coefficient (Wildman–Crippen LogP) is 1.97. The maximum Gasteiger partial charge on any atom is 0.214 e. The molecule has 2 rings (SSSR count). The van der Waals surface area contributed by atoms with Crippen LogP contribution >= 0.6 is 0 Å². The van der Waals surface area contributed by atoms with Crippen molar-refractivity contribution in [3.63, 3.8) is 0 Å². The van der Waals surface area contributed by atoms with Crippen LogP contribution in [0.4, 0.5) is 5.69 Å². The Bertz CT molecular complexity index is 653. The summed E-state index contributed by atoms with van der Waals surface area (Å²) in [4.78, 5) is 0. The molecule has 2 aromatic rings. The van der Waals surface area contributed by atoms with Crippen LogP contribution in [0.5, 0.6) is 0 Å². The first-order valence-electron chi connectivity index (χ1n) is 5.05. The van der Waals surface area contributed by atoms with Gasteiger partial charge in [-0.1, -0.05) is 48.5 Å². The van der Waals surface area contributed by atoms with Gasteiger partial charge in [0.15, 0.2) is 0 Å². The molecule has 0 unspecified atom stereocenters. The first kappa shape index (κ1) is 11.4. The quantitative estimate of drug-likeness (QED) is 0.650. The molecular formula is C13H11NO2S. The summed E-state index contributed by atoms with van der Waals surface area (Å²) in [5.74, 6) is 0. The zero-order valence-electron chi connectivity index (χ0n) is 9.00. The van der Waals surface area contributed by atoms with Crippen molar-refractivity contribution in [3.8, 4) is 11.1 Å². The third-order valence-electron chi connectivity index (χ3n) is 2.45. The van der Waals surface area contributed by atoms with E-state index in [9.17, 15) is 8.42 Å². The van der Waals surface area contributed by atoms with E-state index in [1.165, 1.54) is 0 Å². The van der Waals surface area contributed by atoms with Gasteiger partial charge in [0.2, 0.25) is 10.3 Å². The largest absolute Gasteiger partial charge is 0.398 e. The highest BCUT2D eigenvalue weighted by molar-refractivity contribution is 7.71. The summed E-state index contributed by atoms with van der Waals surface area (Å²) in [6.45, 7) is 0. The van der Waals surface area contributed by atoms with Crippen molar-refractivity contribution >= 4 is 21.3 Å². The van der Waals surface area contributed by atoms with Crippen molar-refractivity contribution in [3.05, 3.63) is 54.1 Å². The van der Waals surface area contributed by atoms with Crippen LogP contribution in [0.15, 0.2) is 48.5 Å². The van der Waals surface area contributed by atoms with E-state index in [1.807, 2.05) is 36.4 Å². The Morgan fingerprint density at radius 1 is 0.941 bits per heavy atom. The SMILES string of the molecule is Nc1c(C=S(=O)=O)cccc1-c1ccccc1. The molecule has 0 heterocycles. The average molecular weight is 245 g/mol. The summed E-state index contributed by atoms with van der Waals surface area (Å²) >= 11 is 0. The second kappa shape index (κ2) is 4.84. The minimum atomic E-state index is -2.25. The number of nitrogen functional groups attached to an aromatic ring is 1. The highest BCUT2D eigenvalue weighted by Gasteiger charge is 2.05. The van der Waals surface area contributed by atoms with Crippen LogP contribution in [0.1, 0.15) is 5.56 Å². The maximum absolute atomic E-state index is 10.7. The van der Waals surface area contributed by atoms with E-state index in [1.54, 1.807) is 12.1 Å². The lowest BCUT2D eigenvalue weighted by atomic mass is 10.0. The van der Waals surface area contributed by atoms with Gasteiger partial charge in [-0.05, 0) is 5.56 Å². The van der Waals surface area contributed by atoms with Crippen LogP contribution in [0.3, 0.4) is 0 Å². The van der Waals surface area contributed by atoms with Gasteiger partial charge in [-0.25, -0.2) is 0 Å². The molecule has 0 atom stereocenters. The molecule has 0 bridgehead atoms. The normalized spacial score (nSPS) is 9.88. The predicted molar refractivity (Wildman–Crippen MR) is 70.4 cm³/mol. The molecule has 3 nitrogen and oxygen atoms in total. The number of anilines is 1. The van der Waals surface area contributed by atoms with E-state index in [4.69, 9.17) is 5.73 Å². The van der Waals surface area contributed by atoms with Crippen LogP contribution in [-0.2, 0) is 10.3 Å². The zero-order chi connectivity index (χ0) is 12.3.